The number of hydrogen-bond acceptors (Lipinski definition) is 7. The SMILES string of the molecule is COc1cc(Sc2ccc(N=C=O)c(OC)c2)ccc1N=C=O. The fourth-order valence-corrected chi connectivity index (χ4v) is 2.74. The maximum atomic E-state index is 10.4. The van der Waals surface area contributed by atoms with Gasteiger partial charge in [-0.3, -0.25) is 0 Å². The van der Waals surface area contributed by atoms with Gasteiger partial charge in [-0.05, 0) is 36.4 Å². The van der Waals surface area contributed by atoms with Gasteiger partial charge in [0.25, 0.3) is 0 Å². The zero-order valence-electron chi connectivity index (χ0n) is 12.4. The van der Waals surface area contributed by atoms with E-state index < -0.39 is 0 Å². The van der Waals surface area contributed by atoms with Crippen LogP contribution in [0, 0.1) is 0 Å². The van der Waals surface area contributed by atoms with Crippen LogP contribution in [0.25, 0.3) is 0 Å². The summed E-state index contributed by atoms with van der Waals surface area (Å²) in [5.41, 5.74) is 0.834. The smallest absolute Gasteiger partial charge is 0.240 e. The molecule has 0 radical (unpaired) electrons. The lowest BCUT2D eigenvalue weighted by Gasteiger charge is -2.08. The highest BCUT2D eigenvalue weighted by Crippen LogP contribution is 2.38. The maximum absolute atomic E-state index is 10.4. The van der Waals surface area contributed by atoms with Crippen LogP contribution in [-0.2, 0) is 9.59 Å². The Balaban J connectivity index is 2.32. The minimum Gasteiger partial charge on any atom is -0.494 e. The Kier molecular flexibility index (Phi) is 5.72. The van der Waals surface area contributed by atoms with Crippen molar-refractivity contribution in [2.24, 2.45) is 9.98 Å². The molecule has 0 saturated heterocycles. The third-order valence-electron chi connectivity index (χ3n) is 2.87. The van der Waals surface area contributed by atoms with E-state index in [0.717, 1.165) is 9.79 Å². The van der Waals surface area contributed by atoms with Gasteiger partial charge >= 0.3 is 0 Å². The van der Waals surface area contributed by atoms with Crippen LogP contribution in [0.15, 0.2) is 56.2 Å². The maximum Gasteiger partial charge on any atom is 0.240 e. The Hall–Kier alpha value is -2.85. The van der Waals surface area contributed by atoms with Crippen molar-refractivity contribution >= 4 is 35.3 Å². The number of aliphatic imine (C=N–C) groups is 2. The largest absolute Gasteiger partial charge is 0.494 e. The summed E-state index contributed by atoms with van der Waals surface area (Å²) >= 11 is 1.46. The molecule has 0 aliphatic carbocycles. The molecule has 7 heteroatoms. The summed E-state index contributed by atoms with van der Waals surface area (Å²) < 4.78 is 10.4. The summed E-state index contributed by atoms with van der Waals surface area (Å²) in [6, 6.07) is 10.5. The molecule has 0 aliphatic heterocycles. The van der Waals surface area contributed by atoms with Crippen LogP contribution in [0.2, 0.25) is 0 Å². The van der Waals surface area contributed by atoms with E-state index in [1.807, 2.05) is 12.1 Å². The van der Waals surface area contributed by atoms with Crippen LogP contribution in [0.4, 0.5) is 11.4 Å². The third-order valence-corrected chi connectivity index (χ3v) is 3.85. The van der Waals surface area contributed by atoms with Gasteiger partial charge in [-0.1, -0.05) is 11.8 Å². The molecule has 0 atom stereocenters. The number of rotatable bonds is 6. The van der Waals surface area contributed by atoms with Gasteiger partial charge in [0.05, 0.1) is 14.2 Å². The van der Waals surface area contributed by atoms with E-state index in [-0.39, 0.29) is 0 Å². The second-order valence-electron chi connectivity index (χ2n) is 4.18. The van der Waals surface area contributed by atoms with Gasteiger partial charge in [0.15, 0.2) is 0 Å². The molecule has 2 aromatic carbocycles. The molecule has 0 aliphatic rings. The highest BCUT2D eigenvalue weighted by atomic mass is 32.2. The molecule has 0 N–H and O–H groups in total. The summed E-state index contributed by atoms with van der Waals surface area (Å²) in [6.45, 7) is 0. The number of ether oxygens (including phenoxy) is 2. The van der Waals surface area contributed by atoms with Gasteiger partial charge in [0.2, 0.25) is 12.2 Å². The highest BCUT2D eigenvalue weighted by Gasteiger charge is 2.08. The lowest BCUT2D eigenvalue weighted by molar-refractivity contribution is 0.415. The predicted octanol–water partition coefficient (Wildman–Crippen LogP) is 3.79. The summed E-state index contributed by atoms with van der Waals surface area (Å²) in [5.74, 6) is 0.958. The molecule has 23 heavy (non-hydrogen) atoms. The molecular formula is C16H12N2O4S. The molecule has 0 bridgehead atoms. The number of benzene rings is 2. The first-order valence-corrected chi connectivity index (χ1v) is 7.23. The quantitative estimate of drug-likeness (QED) is 0.595. The van der Waals surface area contributed by atoms with E-state index >= 15 is 0 Å². The summed E-state index contributed by atoms with van der Waals surface area (Å²) in [7, 11) is 3.01. The van der Waals surface area contributed by atoms with Gasteiger partial charge in [0, 0.05) is 9.79 Å². The summed E-state index contributed by atoms with van der Waals surface area (Å²) in [5, 5.41) is 0. The number of nitrogens with zero attached hydrogens (tertiary/aromatic N) is 2. The minimum atomic E-state index is 0.417. The van der Waals surface area contributed by atoms with Crippen molar-refractivity contribution in [3.63, 3.8) is 0 Å². The minimum absolute atomic E-state index is 0.417. The molecular weight excluding hydrogens is 316 g/mol. The Morgan fingerprint density at radius 3 is 1.61 bits per heavy atom. The van der Waals surface area contributed by atoms with Crippen molar-refractivity contribution in [3.8, 4) is 11.5 Å². The second-order valence-corrected chi connectivity index (χ2v) is 5.32. The molecule has 0 fully saturated rings. The fraction of sp³-hybridized carbons (Fsp3) is 0.125. The van der Waals surface area contributed by atoms with Crippen molar-refractivity contribution in [1.82, 2.24) is 0 Å². The third kappa shape index (κ3) is 4.08. The molecule has 6 nitrogen and oxygen atoms in total. The van der Waals surface area contributed by atoms with Crippen molar-refractivity contribution in [3.05, 3.63) is 36.4 Å². The van der Waals surface area contributed by atoms with E-state index in [1.54, 1.807) is 24.3 Å². The first-order chi connectivity index (χ1) is 11.2. The van der Waals surface area contributed by atoms with Gasteiger partial charge in [-0.2, -0.15) is 9.98 Å². The molecule has 0 amide bonds. The normalized spacial score (nSPS) is 9.48. The Labute approximate surface area is 136 Å². The number of methoxy groups -OCH3 is 2. The van der Waals surface area contributed by atoms with E-state index in [4.69, 9.17) is 9.47 Å². The van der Waals surface area contributed by atoms with E-state index in [9.17, 15) is 9.59 Å². The average Bonchev–Trinajstić information content (AvgIpc) is 2.58. The molecule has 2 aromatic rings. The van der Waals surface area contributed by atoms with Crippen molar-refractivity contribution in [2.45, 2.75) is 9.79 Å². The van der Waals surface area contributed by atoms with Crippen molar-refractivity contribution in [1.29, 1.82) is 0 Å². The van der Waals surface area contributed by atoms with Crippen LogP contribution in [0.5, 0.6) is 11.5 Å². The molecule has 0 aromatic heterocycles. The first kappa shape index (κ1) is 16.5. The average molecular weight is 328 g/mol. The highest BCUT2D eigenvalue weighted by molar-refractivity contribution is 7.99. The first-order valence-electron chi connectivity index (χ1n) is 6.41. The molecule has 116 valence electrons. The topological polar surface area (TPSA) is 77.3 Å². The lowest BCUT2D eigenvalue weighted by atomic mass is 10.3. The van der Waals surface area contributed by atoms with Gasteiger partial charge < -0.3 is 9.47 Å². The second kappa shape index (κ2) is 7.96. The summed E-state index contributed by atoms with van der Waals surface area (Å²) in [6.07, 6.45) is 2.98. The van der Waals surface area contributed by atoms with Gasteiger partial charge in [-0.15, -0.1) is 0 Å². The van der Waals surface area contributed by atoms with Crippen molar-refractivity contribution < 1.29 is 19.1 Å². The van der Waals surface area contributed by atoms with Crippen LogP contribution in [-0.4, -0.2) is 26.4 Å². The molecule has 0 spiro atoms. The number of isocyanates is 2. The van der Waals surface area contributed by atoms with Crippen LogP contribution in [0.1, 0.15) is 0 Å². The van der Waals surface area contributed by atoms with E-state index in [2.05, 4.69) is 9.98 Å². The molecule has 0 saturated carbocycles. The fourth-order valence-electron chi connectivity index (χ4n) is 1.86. The van der Waals surface area contributed by atoms with E-state index in [0.29, 0.717) is 22.9 Å². The van der Waals surface area contributed by atoms with Gasteiger partial charge in [0.1, 0.15) is 22.9 Å². The zero-order valence-corrected chi connectivity index (χ0v) is 13.2. The predicted molar refractivity (Wildman–Crippen MR) is 85.7 cm³/mol. The molecule has 2 rings (SSSR count). The van der Waals surface area contributed by atoms with Crippen LogP contribution in [0.3, 0.4) is 0 Å². The number of carbonyl (C=O) groups excluding carboxylic acids is 2. The monoisotopic (exact) mass is 328 g/mol. The van der Waals surface area contributed by atoms with Crippen LogP contribution < -0.4 is 9.47 Å². The van der Waals surface area contributed by atoms with Crippen LogP contribution >= 0.6 is 11.8 Å². The van der Waals surface area contributed by atoms with Crippen molar-refractivity contribution in [2.75, 3.05) is 14.2 Å². The summed E-state index contributed by atoms with van der Waals surface area (Å²) in [4.78, 5) is 29.7. The standard InChI is InChI=1S/C16H12N2O4S/c1-21-15-7-11(3-5-13(15)17-9-19)23-12-4-6-14(18-10-20)16(8-12)22-2/h3-8H,1-2H3. The Bertz CT molecular complexity index is 742. The Morgan fingerprint density at radius 1 is 0.826 bits per heavy atom. The lowest BCUT2D eigenvalue weighted by Crippen LogP contribution is -1.86. The number of hydrogen-bond donors (Lipinski definition) is 0. The molecule has 0 unspecified atom stereocenters. The van der Waals surface area contributed by atoms with E-state index in [1.165, 1.54) is 38.1 Å². The zero-order chi connectivity index (χ0) is 16.7. The molecule has 0 heterocycles. The Morgan fingerprint density at radius 2 is 1.26 bits per heavy atom. The van der Waals surface area contributed by atoms with Gasteiger partial charge in [-0.25, -0.2) is 9.59 Å².